The molecule has 105 valence electrons. The molecule has 0 unspecified atom stereocenters. The van der Waals surface area contributed by atoms with E-state index in [1.54, 1.807) is 41.5 Å². The van der Waals surface area contributed by atoms with E-state index in [4.69, 9.17) is 0 Å². The van der Waals surface area contributed by atoms with Gasteiger partial charge in [-0.3, -0.25) is 0 Å². The maximum absolute atomic E-state index is 9.53. The van der Waals surface area contributed by atoms with Gasteiger partial charge in [-0.1, -0.05) is 41.5 Å². The minimum absolute atomic E-state index is 0.417. The van der Waals surface area contributed by atoms with Crippen LogP contribution < -0.4 is 15.3 Å². The molecule has 0 spiro atoms. The summed E-state index contributed by atoms with van der Waals surface area (Å²) >= 11 is 2.54. The van der Waals surface area contributed by atoms with Gasteiger partial charge in [-0.05, 0) is 0 Å². The molecule has 1 rings (SSSR count). The zero-order chi connectivity index (χ0) is 15.1. The summed E-state index contributed by atoms with van der Waals surface area (Å²) in [5, 5.41) is 28.6. The number of allylic oxidation sites excluding steroid dienone is 4. The van der Waals surface area contributed by atoms with Crippen molar-refractivity contribution in [3.05, 3.63) is 22.5 Å². The maximum atomic E-state index is 9.53. The van der Waals surface area contributed by atoms with Crippen LogP contribution in [0.1, 0.15) is 48.0 Å². The van der Waals surface area contributed by atoms with Crippen molar-refractivity contribution in [2.75, 3.05) is 0 Å². The van der Waals surface area contributed by atoms with Crippen molar-refractivity contribution < 1.29 is 32.7 Å². The second-order valence-electron chi connectivity index (χ2n) is 4.44. The first kappa shape index (κ1) is 23.1. The molecule has 0 saturated carbocycles. The first-order valence-electron chi connectivity index (χ1n) is 6.11. The monoisotopic (exact) mass is 293 g/mol. The molecule has 0 amide bonds. The third-order valence-electron chi connectivity index (χ3n) is 0.752. The predicted molar refractivity (Wildman–Crippen MR) is 67.2 cm³/mol. The van der Waals surface area contributed by atoms with Crippen molar-refractivity contribution in [1.82, 2.24) is 0 Å². The van der Waals surface area contributed by atoms with Gasteiger partial charge in [-0.25, -0.2) is 0 Å². The van der Waals surface area contributed by atoms with Gasteiger partial charge in [-0.15, -0.1) is 18.3 Å². The normalized spacial score (nSPS) is 12.2. The number of hydrogen-bond acceptors (Lipinski definition) is 3. The Balaban J connectivity index is -0.000000171. The van der Waals surface area contributed by atoms with Gasteiger partial charge in [-0.2, -0.15) is 0 Å². The molecule has 0 heterocycles. The van der Waals surface area contributed by atoms with Gasteiger partial charge >= 0.3 is 46.4 Å². The van der Waals surface area contributed by atoms with Gasteiger partial charge in [0.2, 0.25) is 0 Å². The fourth-order valence-corrected chi connectivity index (χ4v) is 0.735. The van der Waals surface area contributed by atoms with Crippen LogP contribution in [0.15, 0.2) is 22.5 Å². The average Bonchev–Trinajstić information content (AvgIpc) is 2.51. The minimum atomic E-state index is -0.417. The Morgan fingerprint density at radius 2 is 1.17 bits per heavy atom. The van der Waals surface area contributed by atoms with Crippen molar-refractivity contribution in [3.63, 3.8) is 0 Å². The number of hydrogen-bond donors (Lipinski definition) is 0. The summed E-state index contributed by atoms with van der Waals surface area (Å²) in [6.07, 6.45) is 6.22. The van der Waals surface area contributed by atoms with E-state index >= 15 is 0 Å². The standard InChI is InChI=1S/C5H5.3C3H7O.V/c1-2-4-5-3-1;3*1-3(2)4;/h1-3H,4H2;3*3H,1-2H3;/q;3*-1;+3. The molecule has 0 aromatic heterocycles. The van der Waals surface area contributed by atoms with Gasteiger partial charge in [0.05, 0.1) is 0 Å². The van der Waals surface area contributed by atoms with E-state index in [-0.39, 0.29) is 0 Å². The molecule has 1 aliphatic rings. The average molecular weight is 293 g/mol. The van der Waals surface area contributed by atoms with Gasteiger partial charge in [0.1, 0.15) is 0 Å². The quantitative estimate of drug-likeness (QED) is 0.658. The summed E-state index contributed by atoms with van der Waals surface area (Å²) in [6.45, 7) is 9.67. The van der Waals surface area contributed by atoms with E-state index in [0.29, 0.717) is 0 Å². The van der Waals surface area contributed by atoms with Gasteiger partial charge < -0.3 is 15.3 Å². The molecule has 0 N–H and O–H groups in total. The van der Waals surface area contributed by atoms with Crippen LogP contribution in [-0.2, 0) is 17.4 Å². The Hall–Kier alpha value is -0.0556. The van der Waals surface area contributed by atoms with Crippen molar-refractivity contribution in [1.29, 1.82) is 0 Å². The van der Waals surface area contributed by atoms with Crippen molar-refractivity contribution in [2.45, 2.75) is 66.3 Å². The molecule has 18 heavy (non-hydrogen) atoms. The van der Waals surface area contributed by atoms with Crippen LogP contribution in [0, 0.1) is 0 Å². The molecule has 0 saturated heterocycles. The fraction of sp³-hybridized carbons (Fsp3) is 0.714. The molecule has 0 fully saturated rings. The van der Waals surface area contributed by atoms with Gasteiger partial charge in [0.15, 0.2) is 0 Å². The summed E-state index contributed by atoms with van der Waals surface area (Å²) in [7, 11) is 0. The SMILES string of the molecule is CC(C)[O-].CC(C)[O-].CC(C)[O-].[V+3][C]1=CC=CC1. The fourth-order valence-electron chi connectivity index (χ4n) is 0.436. The molecule has 0 aromatic carbocycles. The van der Waals surface area contributed by atoms with Crippen LogP contribution >= 0.6 is 0 Å². The molecular weight excluding hydrogens is 267 g/mol. The zero-order valence-electron chi connectivity index (χ0n) is 12.3. The van der Waals surface area contributed by atoms with Crippen LogP contribution in [0.3, 0.4) is 0 Å². The van der Waals surface area contributed by atoms with Crippen LogP contribution in [0.4, 0.5) is 0 Å². The van der Waals surface area contributed by atoms with E-state index in [0.717, 1.165) is 6.42 Å². The van der Waals surface area contributed by atoms with Gasteiger partial charge in [0, 0.05) is 0 Å². The molecule has 0 atom stereocenters. The summed E-state index contributed by atoms with van der Waals surface area (Å²) < 4.78 is 1.41. The summed E-state index contributed by atoms with van der Waals surface area (Å²) in [6, 6.07) is 0. The Bertz CT molecular complexity index is 187. The Morgan fingerprint density at radius 3 is 1.22 bits per heavy atom. The second-order valence-corrected chi connectivity index (χ2v) is 5.33. The zero-order valence-corrected chi connectivity index (χ0v) is 13.7. The van der Waals surface area contributed by atoms with Crippen LogP contribution in [0.5, 0.6) is 0 Å². The molecule has 0 radical (unpaired) electrons. The van der Waals surface area contributed by atoms with E-state index < -0.39 is 18.3 Å². The van der Waals surface area contributed by atoms with E-state index in [1.807, 2.05) is 0 Å². The topological polar surface area (TPSA) is 69.2 Å². The third-order valence-corrected chi connectivity index (χ3v) is 1.27. The van der Waals surface area contributed by atoms with Crippen molar-refractivity contribution in [3.8, 4) is 0 Å². The van der Waals surface area contributed by atoms with E-state index in [1.165, 1.54) is 4.28 Å². The Kier molecular flexibility index (Phi) is 21.7. The first-order valence-corrected chi connectivity index (χ1v) is 6.81. The van der Waals surface area contributed by atoms with Crippen molar-refractivity contribution in [2.24, 2.45) is 0 Å². The van der Waals surface area contributed by atoms with E-state index in [2.05, 4.69) is 35.7 Å². The second kappa shape index (κ2) is 16.9. The van der Waals surface area contributed by atoms with Crippen molar-refractivity contribution >= 4 is 0 Å². The molecule has 3 nitrogen and oxygen atoms in total. The molecule has 0 aliphatic heterocycles. The summed E-state index contributed by atoms with van der Waals surface area (Å²) in [5.74, 6) is 0. The third kappa shape index (κ3) is 73.8. The molecular formula is C14H26O3V. The molecule has 0 bridgehead atoms. The number of rotatable bonds is 0. The Morgan fingerprint density at radius 1 is 0.889 bits per heavy atom. The first-order chi connectivity index (χ1) is 8.09. The Labute approximate surface area is 122 Å². The van der Waals surface area contributed by atoms with E-state index in [9.17, 15) is 15.3 Å². The summed E-state index contributed by atoms with van der Waals surface area (Å²) in [4.78, 5) is 0. The summed E-state index contributed by atoms with van der Waals surface area (Å²) in [5.41, 5.74) is 0. The van der Waals surface area contributed by atoms with Gasteiger partial charge in [0.25, 0.3) is 0 Å². The predicted octanol–water partition coefficient (Wildman–Crippen LogP) is 0.642. The van der Waals surface area contributed by atoms with Crippen LogP contribution in [0.25, 0.3) is 0 Å². The molecule has 1 aliphatic carbocycles. The van der Waals surface area contributed by atoms with Crippen LogP contribution in [-0.4, -0.2) is 18.3 Å². The molecule has 0 aromatic rings. The van der Waals surface area contributed by atoms with Crippen LogP contribution in [0.2, 0.25) is 0 Å². The molecule has 4 heteroatoms.